The summed E-state index contributed by atoms with van der Waals surface area (Å²) in [4.78, 5) is 27.7. The Morgan fingerprint density at radius 3 is 2.75 bits per heavy atom. The second-order valence-corrected chi connectivity index (χ2v) is 8.87. The highest BCUT2D eigenvalue weighted by atomic mass is 35.5. The highest BCUT2D eigenvalue weighted by molar-refractivity contribution is 7.13. The van der Waals surface area contributed by atoms with Gasteiger partial charge in [-0.1, -0.05) is 29.0 Å². The van der Waals surface area contributed by atoms with Crippen LogP contribution in [0.1, 0.15) is 43.2 Å². The summed E-state index contributed by atoms with van der Waals surface area (Å²) in [6.07, 6.45) is 1.84. The lowest BCUT2D eigenvalue weighted by molar-refractivity contribution is 0.0711. The normalized spacial score (nSPS) is 16.8. The van der Waals surface area contributed by atoms with Crippen LogP contribution in [0.15, 0.2) is 41.8 Å². The molecule has 1 saturated heterocycles. The number of thiophene rings is 1. The van der Waals surface area contributed by atoms with Crippen molar-refractivity contribution in [1.82, 2.24) is 15.1 Å². The molecule has 1 atom stereocenters. The van der Waals surface area contributed by atoms with E-state index >= 15 is 0 Å². The van der Waals surface area contributed by atoms with Gasteiger partial charge in [0.15, 0.2) is 0 Å². The summed E-state index contributed by atoms with van der Waals surface area (Å²) in [5, 5.41) is 14.7. The van der Waals surface area contributed by atoms with Crippen molar-refractivity contribution in [2.24, 2.45) is 0 Å². The molecule has 0 bridgehead atoms. The molecule has 144 valence electrons. The quantitative estimate of drug-likeness (QED) is 0.657. The number of likely N-dealkylation sites (tertiary alicyclic amines) is 1. The molecule has 6 nitrogen and oxygen atoms in total. The molecule has 9 heteroatoms. The molecule has 2 aromatic heterocycles. The molecule has 0 saturated carbocycles. The fraction of sp³-hybridized carbons (Fsp3) is 0.263. The molecule has 0 aliphatic carbocycles. The summed E-state index contributed by atoms with van der Waals surface area (Å²) in [6.45, 7) is 1.35. The molecule has 4 rings (SSSR count). The standard InChI is InChI=1S/C19H17ClN4O2S2/c20-13-5-7-14(8-6-13)21-16(25)18-23-22-17(28-18)12-3-1-9-24(11-12)19(26)15-4-2-10-27-15/h2,4-8,10,12H,1,3,9,11H2,(H,21,25)/t12-/m0/s1. The Morgan fingerprint density at radius 2 is 2.00 bits per heavy atom. The van der Waals surface area contributed by atoms with E-state index in [1.165, 1.54) is 22.7 Å². The average molecular weight is 433 g/mol. The Morgan fingerprint density at radius 1 is 1.18 bits per heavy atom. The van der Waals surface area contributed by atoms with Crippen molar-refractivity contribution in [3.05, 3.63) is 61.7 Å². The molecule has 28 heavy (non-hydrogen) atoms. The molecule has 1 aliphatic heterocycles. The molecule has 3 aromatic rings. The van der Waals surface area contributed by atoms with Gasteiger partial charge in [-0.3, -0.25) is 9.59 Å². The fourth-order valence-electron chi connectivity index (χ4n) is 3.13. The second kappa shape index (κ2) is 8.38. The zero-order valence-electron chi connectivity index (χ0n) is 14.8. The Kier molecular flexibility index (Phi) is 5.70. The van der Waals surface area contributed by atoms with E-state index < -0.39 is 0 Å². The van der Waals surface area contributed by atoms with Crippen LogP contribution in [0.5, 0.6) is 0 Å². The molecular formula is C19H17ClN4O2S2. The van der Waals surface area contributed by atoms with Crippen LogP contribution in [0, 0.1) is 0 Å². The third kappa shape index (κ3) is 4.24. The third-order valence-electron chi connectivity index (χ3n) is 4.53. The van der Waals surface area contributed by atoms with Crippen molar-refractivity contribution in [3.8, 4) is 0 Å². The van der Waals surface area contributed by atoms with Crippen LogP contribution >= 0.6 is 34.3 Å². The van der Waals surface area contributed by atoms with E-state index in [1.54, 1.807) is 24.3 Å². The van der Waals surface area contributed by atoms with Gasteiger partial charge in [0.25, 0.3) is 11.8 Å². The molecule has 0 spiro atoms. The maximum atomic E-state index is 12.6. The van der Waals surface area contributed by atoms with Gasteiger partial charge in [0, 0.05) is 29.7 Å². The van der Waals surface area contributed by atoms with Gasteiger partial charge in [-0.05, 0) is 48.6 Å². The van der Waals surface area contributed by atoms with Crippen molar-refractivity contribution in [2.45, 2.75) is 18.8 Å². The van der Waals surface area contributed by atoms with E-state index in [0.717, 1.165) is 29.3 Å². The number of nitrogens with one attached hydrogen (secondary N) is 1. The minimum Gasteiger partial charge on any atom is -0.337 e. The fourth-order valence-corrected chi connectivity index (χ4v) is 4.81. The molecular weight excluding hydrogens is 416 g/mol. The van der Waals surface area contributed by atoms with Crippen molar-refractivity contribution in [3.63, 3.8) is 0 Å². The first-order chi connectivity index (χ1) is 13.6. The molecule has 1 N–H and O–H groups in total. The summed E-state index contributed by atoms with van der Waals surface area (Å²) < 4.78 is 0. The van der Waals surface area contributed by atoms with Gasteiger partial charge >= 0.3 is 0 Å². The summed E-state index contributed by atoms with van der Waals surface area (Å²) in [6, 6.07) is 10.6. The van der Waals surface area contributed by atoms with Crippen molar-refractivity contribution < 1.29 is 9.59 Å². The van der Waals surface area contributed by atoms with Crippen molar-refractivity contribution in [1.29, 1.82) is 0 Å². The van der Waals surface area contributed by atoms with Crippen LogP contribution in [0.3, 0.4) is 0 Å². The molecule has 3 heterocycles. The van der Waals surface area contributed by atoms with Crippen LogP contribution < -0.4 is 5.32 Å². The van der Waals surface area contributed by atoms with Crippen LogP contribution in [-0.2, 0) is 0 Å². The number of nitrogens with zero attached hydrogens (tertiary/aromatic N) is 3. The number of rotatable bonds is 4. The topological polar surface area (TPSA) is 75.2 Å². The van der Waals surface area contributed by atoms with Gasteiger partial charge in [-0.15, -0.1) is 21.5 Å². The number of halogens is 1. The van der Waals surface area contributed by atoms with Crippen LogP contribution in [0.2, 0.25) is 5.02 Å². The lowest BCUT2D eigenvalue weighted by atomic mass is 9.98. The molecule has 0 radical (unpaired) electrons. The Hall–Kier alpha value is -2.29. The van der Waals surface area contributed by atoms with Crippen LogP contribution in [0.4, 0.5) is 5.69 Å². The number of hydrogen-bond donors (Lipinski definition) is 1. The van der Waals surface area contributed by atoms with E-state index in [4.69, 9.17) is 11.6 Å². The smallest absolute Gasteiger partial charge is 0.286 e. The first-order valence-electron chi connectivity index (χ1n) is 8.83. The lowest BCUT2D eigenvalue weighted by Crippen LogP contribution is -2.38. The number of aromatic nitrogens is 2. The summed E-state index contributed by atoms with van der Waals surface area (Å²) in [5.41, 5.74) is 0.650. The molecule has 1 aliphatic rings. The largest absolute Gasteiger partial charge is 0.337 e. The van der Waals surface area contributed by atoms with Gasteiger partial charge in [0.1, 0.15) is 5.01 Å². The van der Waals surface area contributed by atoms with Gasteiger partial charge in [-0.2, -0.15) is 0 Å². The number of piperidine rings is 1. The molecule has 2 amide bonds. The third-order valence-corrected chi connectivity index (χ3v) is 6.72. The van der Waals surface area contributed by atoms with Crippen molar-refractivity contribution >= 4 is 51.8 Å². The van der Waals surface area contributed by atoms with Gasteiger partial charge in [0.05, 0.1) is 4.88 Å². The minimum atomic E-state index is -0.298. The number of carbonyl (C=O) groups is 2. The first kappa shape index (κ1) is 19.0. The number of amides is 2. The second-order valence-electron chi connectivity index (χ2n) is 6.47. The lowest BCUT2D eigenvalue weighted by Gasteiger charge is -2.31. The monoisotopic (exact) mass is 432 g/mol. The van der Waals surface area contributed by atoms with E-state index in [1.807, 2.05) is 22.4 Å². The molecule has 1 aromatic carbocycles. The number of anilines is 1. The number of benzene rings is 1. The minimum absolute atomic E-state index is 0.0601. The molecule has 1 fully saturated rings. The maximum Gasteiger partial charge on any atom is 0.286 e. The van der Waals surface area contributed by atoms with Gasteiger partial charge in [-0.25, -0.2) is 0 Å². The van der Waals surface area contributed by atoms with E-state index in [9.17, 15) is 9.59 Å². The van der Waals surface area contributed by atoms with Crippen LogP contribution in [-0.4, -0.2) is 40.0 Å². The molecule has 0 unspecified atom stereocenters. The summed E-state index contributed by atoms with van der Waals surface area (Å²) in [5.74, 6) is -0.134. The highest BCUT2D eigenvalue weighted by Gasteiger charge is 2.28. The summed E-state index contributed by atoms with van der Waals surface area (Å²) >= 11 is 8.60. The van der Waals surface area contributed by atoms with E-state index in [2.05, 4.69) is 15.5 Å². The predicted octanol–water partition coefficient (Wildman–Crippen LogP) is 4.53. The Labute approximate surface area is 175 Å². The van der Waals surface area contributed by atoms with Gasteiger partial charge < -0.3 is 10.2 Å². The number of carbonyl (C=O) groups excluding carboxylic acids is 2. The Balaban J connectivity index is 1.42. The predicted molar refractivity (Wildman–Crippen MR) is 112 cm³/mol. The maximum absolute atomic E-state index is 12.6. The summed E-state index contributed by atoms with van der Waals surface area (Å²) in [7, 11) is 0. The highest BCUT2D eigenvalue weighted by Crippen LogP contribution is 2.30. The SMILES string of the molecule is O=C(Nc1ccc(Cl)cc1)c1nnc([C@H]2CCCN(C(=O)c3cccs3)C2)s1. The first-order valence-corrected chi connectivity index (χ1v) is 10.9. The zero-order chi connectivity index (χ0) is 19.5. The van der Waals surface area contributed by atoms with E-state index in [0.29, 0.717) is 22.3 Å². The van der Waals surface area contributed by atoms with Crippen molar-refractivity contribution in [2.75, 3.05) is 18.4 Å². The van der Waals surface area contributed by atoms with Gasteiger partial charge in [0.2, 0.25) is 5.01 Å². The van der Waals surface area contributed by atoms with E-state index in [-0.39, 0.29) is 17.7 Å². The Bertz CT molecular complexity index is 972. The average Bonchev–Trinajstić information content (AvgIpc) is 3.41. The number of hydrogen-bond acceptors (Lipinski definition) is 6. The zero-order valence-corrected chi connectivity index (χ0v) is 17.2. The van der Waals surface area contributed by atoms with Crippen LogP contribution in [0.25, 0.3) is 0 Å².